The number of carbonyl (C=O) groups excluding carboxylic acids is 1. The summed E-state index contributed by atoms with van der Waals surface area (Å²) in [5.74, 6) is 0.359. The predicted molar refractivity (Wildman–Crippen MR) is 107 cm³/mol. The molecule has 1 atom stereocenters. The van der Waals surface area contributed by atoms with E-state index in [2.05, 4.69) is 5.32 Å². The molecule has 2 aromatic carbocycles. The number of hydrogen-bond acceptors (Lipinski definition) is 4. The fraction of sp³-hybridized carbons (Fsp3) is 0.350. The quantitative estimate of drug-likeness (QED) is 0.752. The van der Waals surface area contributed by atoms with Crippen molar-refractivity contribution in [3.05, 3.63) is 59.7 Å². The fourth-order valence-corrected chi connectivity index (χ4v) is 3.92. The van der Waals surface area contributed by atoms with E-state index in [0.717, 1.165) is 27.4 Å². The van der Waals surface area contributed by atoms with Crippen molar-refractivity contribution in [1.82, 2.24) is 5.32 Å². The third-order valence-corrected chi connectivity index (χ3v) is 5.29. The number of benzene rings is 2. The van der Waals surface area contributed by atoms with Crippen LogP contribution in [0.2, 0.25) is 0 Å². The average molecular weight is 391 g/mol. The van der Waals surface area contributed by atoms with E-state index >= 15 is 0 Å². The van der Waals surface area contributed by atoms with Crippen LogP contribution in [0.1, 0.15) is 25.0 Å². The molecule has 0 aliphatic heterocycles. The van der Waals surface area contributed by atoms with Gasteiger partial charge in [0.15, 0.2) is 0 Å². The highest BCUT2D eigenvalue weighted by Crippen LogP contribution is 2.21. The first-order valence-corrected chi connectivity index (χ1v) is 10.6. The molecule has 0 bridgehead atoms. The van der Waals surface area contributed by atoms with Gasteiger partial charge in [0.2, 0.25) is 15.9 Å². The zero-order valence-electron chi connectivity index (χ0n) is 16.1. The van der Waals surface area contributed by atoms with Gasteiger partial charge in [0.25, 0.3) is 0 Å². The second-order valence-corrected chi connectivity index (χ2v) is 8.23. The van der Waals surface area contributed by atoms with E-state index in [1.165, 1.54) is 0 Å². The van der Waals surface area contributed by atoms with Gasteiger partial charge in [-0.05, 0) is 50.6 Å². The summed E-state index contributed by atoms with van der Waals surface area (Å²) in [6, 6.07) is 13.6. The lowest BCUT2D eigenvalue weighted by atomic mass is 10.2. The standard InChI is InChI=1S/C20H26N2O4S/c1-5-26-19-8-6-7-17(13-19)14-21-20(23)16(3)22(27(4,24)25)18-11-9-15(2)10-12-18/h6-13,16H,5,14H2,1-4H3,(H,21,23)/t16-/m0/s1. The number of nitrogens with one attached hydrogen (secondary N) is 1. The van der Waals surface area contributed by atoms with Crippen LogP contribution in [0.15, 0.2) is 48.5 Å². The summed E-state index contributed by atoms with van der Waals surface area (Å²) in [6.45, 7) is 6.25. The van der Waals surface area contributed by atoms with Gasteiger partial charge in [0, 0.05) is 6.54 Å². The lowest BCUT2D eigenvalue weighted by Crippen LogP contribution is -2.47. The molecule has 0 spiro atoms. The van der Waals surface area contributed by atoms with Crippen molar-refractivity contribution in [2.45, 2.75) is 33.4 Å². The van der Waals surface area contributed by atoms with Gasteiger partial charge in [-0.1, -0.05) is 29.8 Å². The number of carbonyl (C=O) groups is 1. The fourth-order valence-electron chi connectivity index (χ4n) is 2.75. The molecule has 2 rings (SSSR count). The zero-order chi connectivity index (χ0) is 20.0. The van der Waals surface area contributed by atoms with Crippen LogP contribution in [0.5, 0.6) is 5.75 Å². The summed E-state index contributed by atoms with van der Waals surface area (Å²) in [7, 11) is -3.62. The van der Waals surface area contributed by atoms with Crippen LogP contribution in [0.3, 0.4) is 0 Å². The lowest BCUT2D eigenvalue weighted by Gasteiger charge is -2.28. The van der Waals surface area contributed by atoms with Gasteiger partial charge in [0.1, 0.15) is 11.8 Å². The molecule has 0 fully saturated rings. The minimum atomic E-state index is -3.62. The van der Waals surface area contributed by atoms with Crippen LogP contribution in [-0.4, -0.2) is 33.2 Å². The van der Waals surface area contributed by atoms with Crippen molar-refractivity contribution in [3.8, 4) is 5.75 Å². The second-order valence-electron chi connectivity index (χ2n) is 6.37. The number of aryl methyl sites for hydroxylation is 1. The molecule has 0 aliphatic rings. The Morgan fingerprint density at radius 3 is 2.44 bits per heavy atom. The first kappa shape index (κ1) is 20.8. The van der Waals surface area contributed by atoms with Crippen molar-refractivity contribution in [1.29, 1.82) is 0 Å². The number of sulfonamides is 1. The van der Waals surface area contributed by atoms with Gasteiger partial charge in [0.05, 0.1) is 18.6 Å². The molecule has 0 radical (unpaired) electrons. The molecule has 0 unspecified atom stereocenters. The van der Waals surface area contributed by atoms with Crippen molar-refractivity contribution in [2.24, 2.45) is 0 Å². The summed E-state index contributed by atoms with van der Waals surface area (Å²) in [5, 5.41) is 2.80. The predicted octanol–water partition coefficient (Wildman–Crippen LogP) is 2.86. The Morgan fingerprint density at radius 1 is 1.19 bits per heavy atom. The Bertz CT molecular complexity index is 879. The van der Waals surface area contributed by atoms with Crippen LogP contribution in [-0.2, 0) is 21.4 Å². The highest BCUT2D eigenvalue weighted by Gasteiger charge is 2.28. The van der Waals surface area contributed by atoms with E-state index < -0.39 is 16.1 Å². The molecule has 7 heteroatoms. The van der Waals surface area contributed by atoms with Gasteiger partial charge in [-0.3, -0.25) is 9.10 Å². The van der Waals surface area contributed by atoms with E-state index in [-0.39, 0.29) is 12.5 Å². The van der Waals surface area contributed by atoms with Gasteiger partial charge in [-0.25, -0.2) is 8.42 Å². The van der Waals surface area contributed by atoms with Crippen molar-refractivity contribution >= 4 is 21.6 Å². The van der Waals surface area contributed by atoms with Gasteiger partial charge in [-0.2, -0.15) is 0 Å². The van der Waals surface area contributed by atoms with E-state index in [9.17, 15) is 13.2 Å². The zero-order valence-corrected chi connectivity index (χ0v) is 16.9. The maximum Gasteiger partial charge on any atom is 0.243 e. The van der Waals surface area contributed by atoms with E-state index in [0.29, 0.717) is 12.3 Å². The Morgan fingerprint density at radius 2 is 1.85 bits per heavy atom. The minimum absolute atomic E-state index is 0.287. The van der Waals surface area contributed by atoms with Crippen LogP contribution in [0.4, 0.5) is 5.69 Å². The van der Waals surface area contributed by atoms with Crippen LogP contribution >= 0.6 is 0 Å². The molecule has 2 aromatic rings. The van der Waals surface area contributed by atoms with Gasteiger partial charge < -0.3 is 10.1 Å². The van der Waals surface area contributed by atoms with Gasteiger partial charge >= 0.3 is 0 Å². The number of rotatable bonds is 8. The second kappa shape index (κ2) is 8.90. The monoisotopic (exact) mass is 390 g/mol. The third-order valence-electron chi connectivity index (χ3n) is 4.05. The Kier molecular flexibility index (Phi) is 6.85. The van der Waals surface area contributed by atoms with Gasteiger partial charge in [-0.15, -0.1) is 0 Å². The Labute approximate surface area is 161 Å². The van der Waals surface area contributed by atoms with E-state index in [1.54, 1.807) is 19.1 Å². The largest absolute Gasteiger partial charge is 0.494 e. The smallest absolute Gasteiger partial charge is 0.243 e. The van der Waals surface area contributed by atoms with Crippen LogP contribution in [0.25, 0.3) is 0 Å². The molecular formula is C20H26N2O4S. The Hall–Kier alpha value is -2.54. The van der Waals surface area contributed by atoms with E-state index in [1.807, 2.05) is 50.2 Å². The summed E-state index contributed by atoms with van der Waals surface area (Å²) in [5.41, 5.74) is 2.35. The third kappa shape index (κ3) is 5.72. The molecule has 0 heterocycles. The molecule has 0 saturated heterocycles. The lowest BCUT2D eigenvalue weighted by molar-refractivity contribution is -0.122. The minimum Gasteiger partial charge on any atom is -0.494 e. The molecule has 1 N–H and O–H groups in total. The SMILES string of the molecule is CCOc1cccc(CNC(=O)[C@H](C)N(c2ccc(C)cc2)S(C)(=O)=O)c1. The van der Waals surface area contributed by atoms with Crippen molar-refractivity contribution in [2.75, 3.05) is 17.2 Å². The van der Waals surface area contributed by atoms with E-state index in [4.69, 9.17) is 4.74 Å². The number of ether oxygens (including phenoxy) is 1. The number of anilines is 1. The summed E-state index contributed by atoms with van der Waals surface area (Å²) in [6.07, 6.45) is 1.10. The molecule has 27 heavy (non-hydrogen) atoms. The summed E-state index contributed by atoms with van der Waals surface area (Å²) >= 11 is 0. The van der Waals surface area contributed by atoms with Crippen LogP contribution in [0, 0.1) is 6.92 Å². The Balaban J connectivity index is 2.13. The topological polar surface area (TPSA) is 75.7 Å². The molecule has 6 nitrogen and oxygen atoms in total. The van der Waals surface area contributed by atoms with Crippen molar-refractivity contribution < 1.29 is 17.9 Å². The maximum absolute atomic E-state index is 12.6. The maximum atomic E-state index is 12.6. The van der Waals surface area contributed by atoms with Crippen molar-refractivity contribution in [3.63, 3.8) is 0 Å². The number of hydrogen-bond donors (Lipinski definition) is 1. The molecule has 146 valence electrons. The molecule has 0 aromatic heterocycles. The summed E-state index contributed by atoms with van der Waals surface area (Å²) < 4.78 is 31.2. The normalized spacial score (nSPS) is 12.3. The molecule has 0 aliphatic carbocycles. The average Bonchev–Trinajstić information content (AvgIpc) is 2.61. The van der Waals surface area contributed by atoms with Crippen LogP contribution < -0.4 is 14.4 Å². The molecule has 0 saturated carbocycles. The highest BCUT2D eigenvalue weighted by atomic mass is 32.2. The molecule has 1 amide bonds. The summed E-state index contributed by atoms with van der Waals surface area (Å²) in [4.78, 5) is 12.6. The first-order chi connectivity index (χ1) is 12.7. The highest BCUT2D eigenvalue weighted by molar-refractivity contribution is 7.92. The molecular weight excluding hydrogens is 364 g/mol. The number of nitrogens with zero attached hydrogens (tertiary/aromatic N) is 1. The number of amides is 1. The first-order valence-electron chi connectivity index (χ1n) is 8.78.